The Morgan fingerprint density at radius 3 is 2.92 bits per heavy atom. The van der Waals surface area contributed by atoms with E-state index in [0.29, 0.717) is 17.7 Å². The standard InChI is InChI=1S/C9H15NOS/c11-9(7-1-2-7)5-8-6-12-4-3-10-8/h7-8,10H,1-6H2. The lowest BCUT2D eigenvalue weighted by molar-refractivity contribution is -0.120. The molecule has 0 bridgehead atoms. The van der Waals surface area contributed by atoms with Gasteiger partial charge in [0.2, 0.25) is 0 Å². The first-order chi connectivity index (χ1) is 5.86. The highest BCUT2D eigenvalue weighted by atomic mass is 32.2. The maximum Gasteiger partial charge on any atom is 0.137 e. The number of thioether (sulfide) groups is 1. The van der Waals surface area contributed by atoms with Crippen LogP contribution in [-0.2, 0) is 4.79 Å². The summed E-state index contributed by atoms with van der Waals surface area (Å²) in [5.74, 6) is 3.26. The molecule has 12 heavy (non-hydrogen) atoms. The molecular formula is C9H15NOS. The lowest BCUT2D eigenvalue weighted by Gasteiger charge is -2.22. The van der Waals surface area contributed by atoms with E-state index in [1.54, 1.807) is 0 Å². The minimum atomic E-state index is 0.443. The van der Waals surface area contributed by atoms with Gasteiger partial charge < -0.3 is 5.32 Å². The van der Waals surface area contributed by atoms with E-state index >= 15 is 0 Å². The summed E-state index contributed by atoms with van der Waals surface area (Å²) >= 11 is 1.96. The molecule has 0 aromatic heterocycles. The van der Waals surface area contributed by atoms with E-state index in [1.807, 2.05) is 11.8 Å². The van der Waals surface area contributed by atoms with Gasteiger partial charge in [-0.25, -0.2) is 0 Å². The summed E-state index contributed by atoms with van der Waals surface area (Å²) in [5, 5.41) is 3.39. The molecule has 1 N–H and O–H groups in total. The largest absolute Gasteiger partial charge is 0.312 e. The summed E-state index contributed by atoms with van der Waals surface area (Å²) in [7, 11) is 0. The molecule has 0 aromatic carbocycles. The molecule has 68 valence electrons. The molecule has 0 amide bonds. The number of hydrogen-bond acceptors (Lipinski definition) is 3. The van der Waals surface area contributed by atoms with Crippen LogP contribution in [0, 0.1) is 5.92 Å². The molecule has 1 unspecified atom stereocenters. The first kappa shape index (κ1) is 8.57. The lowest BCUT2D eigenvalue weighted by atomic mass is 10.1. The number of carbonyl (C=O) groups is 1. The lowest BCUT2D eigenvalue weighted by Crippen LogP contribution is -2.39. The van der Waals surface area contributed by atoms with E-state index in [4.69, 9.17) is 0 Å². The zero-order valence-corrected chi connectivity index (χ0v) is 8.03. The van der Waals surface area contributed by atoms with Crippen molar-refractivity contribution >= 4 is 17.5 Å². The Labute approximate surface area is 77.5 Å². The molecule has 3 heteroatoms. The average Bonchev–Trinajstić information content (AvgIpc) is 2.88. The summed E-state index contributed by atoms with van der Waals surface area (Å²) in [4.78, 5) is 11.4. The van der Waals surface area contributed by atoms with E-state index < -0.39 is 0 Å². The Morgan fingerprint density at radius 2 is 2.33 bits per heavy atom. The van der Waals surface area contributed by atoms with Crippen molar-refractivity contribution in [3.8, 4) is 0 Å². The van der Waals surface area contributed by atoms with Gasteiger partial charge >= 0.3 is 0 Å². The molecule has 2 aliphatic rings. The van der Waals surface area contributed by atoms with Crippen LogP contribution >= 0.6 is 11.8 Å². The summed E-state index contributed by atoms with van der Waals surface area (Å²) in [6.07, 6.45) is 3.08. The molecule has 1 aliphatic carbocycles. The average molecular weight is 185 g/mol. The normalized spacial score (nSPS) is 30.2. The van der Waals surface area contributed by atoms with Crippen LogP contribution in [0.25, 0.3) is 0 Å². The minimum Gasteiger partial charge on any atom is -0.312 e. The van der Waals surface area contributed by atoms with E-state index in [0.717, 1.165) is 31.6 Å². The third-order valence-corrected chi connectivity index (χ3v) is 3.61. The van der Waals surface area contributed by atoms with Gasteiger partial charge in [-0.2, -0.15) is 11.8 Å². The van der Waals surface area contributed by atoms with Crippen molar-refractivity contribution in [3.05, 3.63) is 0 Å². The van der Waals surface area contributed by atoms with Crippen LogP contribution in [0.3, 0.4) is 0 Å². The van der Waals surface area contributed by atoms with Crippen LogP contribution in [0.15, 0.2) is 0 Å². The molecule has 2 rings (SSSR count). The maximum absolute atomic E-state index is 11.4. The maximum atomic E-state index is 11.4. The van der Waals surface area contributed by atoms with Crippen LogP contribution < -0.4 is 5.32 Å². The molecule has 0 radical (unpaired) electrons. The van der Waals surface area contributed by atoms with E-state index in [-0.39, 0.29) is 0 Å². The van der Waals surface area contributed by atoms with Crippen molar-refractivity contribution in [1.29, 1.82) is 0 Å². The fourth-order valence-corrected chi connectivity index (χ4v) is 2.51. The van der Waals surface area contributed by atoms with Gasteiger partial charge in [-0.3, -0.25) is 4.79 Å². The molecule has 1 atom stereocenters. The van der Waals surface area contributed by atoms with Crippen molar-refractivity contribution in [3.63, 3.8) is 0 Å². The van der Waals surface area contributed by atoms with Crippen LogP contribution in [0.5, 0.6) is 0 Å². The predicted molar refractivity (Wildman–Crippen MR) is 51.5 cm³/mol. The fraction of sp³-hybridized carbons (Fsp3) is 0.889. The smallest absolute Gasteiger partial charge is 0.137 e. The van der Waals surface area contributed by atoms with Gasteiger partial charge in [0.25, 0.3) is 0 Å². The summed E-state index contributed by atoms with van der Waals surface area (Å²) in [6.45, 7) is 1.08. The van der Waals surface area contributed by atoms with Crippen LogP contribution in [0.2, 0.25) is 0 Å². The topological polar surface area (TPSA) is 29.1 Å². The summed E-state index contributed by atoms with van der Waals surface area (Å²) in [5.41, 5.74) is 0. The Bertz CT molecular complexity index is 173. The van der Waals surface area contributed by atoms with Gasteiger partial charge in [-0.15, -0.1) is 0 Å². The van der Waals surface area contributed by atoms with Crippen LogP contribution in [0.4, 0.5) is 0 Å². The molecule has 1 saturated carbocycles. The number of carbonyl (C=O) groups excluding carboxylic acids is 1. The summed E-state index contributed by atoms with van der Waals surface area (Å²) < 4.78 is 0. The molecule has 1 aliphatic heterocycles. The molecular weight excluding hydrogens is 170 g/mol. The second kappa shape index (κ2) is 3.79. The van der Waals surface area contributed by atoms with Crippen LogP contribution in [0.1, 0.15) is 19.3 Å². The van der Waals surface area contributed by atoms with Crippen molar-refractivity contribution in [2.45, 2.75) is 25.3 Å². The third-order valence-electron chi connectivity index (χ3n) is 2.48. The van der Waals surface area contributed by atoms with Crippen molar-refractivity contribution in [1.82, 2.24) is 5.32 Å². The first-order valence-electron chi connectivity index (χ1n) is 4.70. The number of hydrogen-bond donors (Lipinski definition) is 1. The first-order valence-corrected chi connectivity index (χ1v) is 5.85. The number of ketones is 1. The Morgan fingerprint density at radius 1 is 1.50 bits per heavy atom. The van der Waals surface area contributed by atoms with Gasteiger partial charge in [0.05, 0.1) is 0 Å². The molecule has 2 fully saturated rings. The SMILES string of the molecule is O=C(CC1CSCCN1)C1CC1. The van der Waals surface area contributed by atoms with Gasteiger partial charge in [0.1, 0.15) is 5.78 Å². The van der Waals surface area contributed by atoms with Gasteiger partial charge in [-0.05, 0) is 12.8 Å². The Balaban J connectivity index is 1.73. The second-order valence-electron chi connectivity index (χ2n) is 3.67. The van der Waals surface area contributed by atoms with Gasteiger partial charge in [0.15, 0.2) is 0 Å². The molecule has 2 nitrogen and oxygen atoms in total. The highest BCUT2D eigenvalue weighted by molar-refractivity contribution is 7.99. The van der Waals surface area contributed by atoms with E-state index in [9.17, 15) is 4.79 Å². The highest BCUT2D eigenvalue weighted by Crippen LogP contribution is 2.31. The van der Waals surface area contributed by atoms with Gasteiger partial charge in [-0.1, -0.05) is 0 Å². The van der Waals surface area contributed by atoms with Crippen molar-refractivity contribution in [2.24, 2.45) is 5.92 Å². The number of nitrogens with one attached hydrogen (secondary N) is 1. The zero-order valence-electron chi connectivity index (χ0n) is 7.21. The van der Waals surface area contributed by atoms with E-state index in [1.165, 1.54) is 5.75 Å². The summed E-state index contributed by atoms with van der Waals surface area (Å²) in [6, 6.07) is 0.469. The quantitative estimate of drug-likeness (QED) is 0.713. The van der Waals surface area contributed by atoms with Crippen molar-refractivity contribution < 1.29 is 4.79 Å². The fourth-order valence-electron chi connectivity index (χ4n) is 1.57. The van der Waals surface area contributed by atoms with Crippen LogP contribution in [-0.4, -0.2) is 29.9 Å². The number of rotatable bonds is 3. The molecule has 1 heterocycles. The Hall–Kier alpha value is -0.0200. The molecule has 1 saturated heterocycles. The highest BCUT2D eigenvalue weighted by Gasteiger charge is 2.31. The third kappa shape index (κ3) is 2.23. The molecule has 0 spiro atoms. The van der Waals surface area contributed by atoms with Gasteiger partial charge in [0, 0.05) is 36.4 Å². The predicted octanol–water partition coefficient (Wildman–Crippen LogP) is 1.06. The Kier molecular flexibility index (Phi) is 2.71. The zero-order chi connectivity index (χ0) is 8.39. The minimum absolute atomic E-state index is 0.443. The monoisotopic (exact) mass is 185 g/mol. The van der Waals surface area contributed by atoms with Crippen molar-refractivity contribution in [2.75, 3.05) is 18.1 Å². The van der Waals surface area contributed by atoms with E-state index in [2.05, 4.69) is 5.32 Å². The molecule has 0 aromatic rings. The number of Topliss-reactive ketones (excluding diaryl/α,β-unsaturated/α-hetero) is 1. The second-order valence-corrected chi connectivity index (χ2v) is 4.82.